The smallest absolute Gasteiger partial charge is 0.265 e. The van der Waals surface area contributed by atoms with Crippen LogP contribution in [-0.2, 0) is 4.79 Å². The highest BCUT2D eigenvalue weighted by Crippen LogP contribution is 2.38. The maximum absolute atomic E-state index is 11.7. The van der Waals surface area contributed by atoms with E-state index in [0.29, 0.717) is 29.5 Å². The topological polar surface area (TPSA) is 64.3 Å². The minimum Gasteiger partial charge on any atom is -0.476 e. The van der Waals surface area contributed by atoms with Gasteiger partial charge in [-0.25, -0.2) is 0 Å². The molecule has 0 spiro atoms. The van der Waals surface area contributed by atoms with Gasteiger partial charge in [-0.3, -0.25) is 4.79 Å². The zero-order valence-electron chi connectivity index (χ0n) is 10.4. The van der Waals surface area contributed by atoms with E-state index in [1.165, 1.54) is 0 Å². The average molecular weight is 234 g/mol. The Labute approximate surface area is 101 Å². The Morgan fingerprint density at radius 1 is 1.47 bits per heavy atom. The van der Waals surface area contributed by atoms with E-state index in [0.717, 1.165) is 5.56 Å². The summed E-state index contributed by atoms with van der Waals surface area (Å²) >= 11 is 0. The molecule has 92 valence electrons. The van der Waals surface area contributed by atoms with E-state index in [-0.39, 0.29) is 5.91 Å². The van der Waals surface area contributed by atoms with E-state index >= 15 is 0 Å². The fourth-order valence-electron chi connectivity index (χ4n) is 1.91. The number of nitrogen functional groups attached to an aromatic ring is 1. The third kappa shape index (κ3) is 2.07. The summed E-state index contributed by atoms with van der Waals surface area (Å²) in [5, 5.41) is 2.85. The lowest BCUT2D eigenvalue weighted by molar-refractivity contribution is -0.123. The third-order valence-electron chi connectivity index (χ3n) is 2.99. The number of ether oxygens (including phenoxy) is 1. The molecule has 1 aromatic rings. The number of amides is 1. The van der Waals surface area contributed by atoms with Gasteiger partial charge in [-0.2, -0.15) is 0 Å². The van der Waals surface area contributed by atoms with Crippen molar-refractivity contribution >= 4 is 17.3 Å². The van der Waals surface area contributed by atoms with Crippen molar-refractivity contribution in [1.82, 2.24) is 0 Å². The SMILES string of the molecule is CCC1Oc2c(N)cc(C(C)C)cc2NC1=O. The number of hydrogen-bond acceptors (Lipinski definition) is 3. The van der Waals surface area contributed by atoms with Gasteiger partial charge in [0, 0.05) is 0 Å². The molecule has 1 heterocycles. The van der Waals surface area contributed by atoms with Gasteiger partial charge in [-0.05, 0) is 30.0 Å². The first-order chi connectivity index (χ1) is 8.02. The number of carbonyl (C=O) groups is 1. The van der Waals surface area contributed by atoms with Gasteiger partial charge in [0.15, 0.2) is 11.9 Å². The first kappa shape index (κ1) is 11.8. The average Bonchev–Trinajstić information content (AvgIpc) is 2.27. The molecule has 3 N–H and O–H groups in total. The molecule has 1 aliphatic rings. The van der Waals surface area contributed by atoms with Gasteiger partial charge >= 0.3 is 0 Å². The summed E-state index contributed by atoms with van der Waals surface area (Å²) in [6, 6.07) is 3.84. The quantitative estimate of drug-likeness (QED) is 0.773. The molecule has 17 heavy (non-hydrogen) atoms. The van der Waals surface area contributed by atoms with Crippen molar-refractivity contribution < 1.29 is 9.53 Å². The minimum absolute atomic E-state index is 0.0969. The molecule has 1 aromatic carbocycles. The van der Waals surface area contributed by atoms with Crippen molar-refractivity contribution in [3.05, 3.63) is 17.7 Å². The summed E-state index contributed by atoms with van der Waals surface area (Å²) in [4.78, 5) is 11.7. The normalized spacial score (nSPS) is 18.6. The maximum Gasteiger partial charge on any atom is 0.265 e. The Morgan fingerprint density at radius 3 is 2.76 bits per heavy atom. The highest BCUT2D eigenvalue weighted by Gasteiger charge is 2.28. The van der Waals surface area contributed by atoms with Gasteiger partial charge < -0.3 is 15.8 Å². The van der Waals surface area contributed by atoms with Gasteiger partial charge in [0.25, 0.3) is 5.91 Å². The summed E-state index contributed by atoms with van der Waals surface area (Å²) < 4.78 is 5.62. The number of carbonyl (C=O) groups excluding carboxylic acids is 1. The number of fused-ring (bicyclic) bond motifs is 1. The Kier molecular flexibility index (Phi) is 2.96. The number of nitrogens with two attached hydrogens (primary N) is 1. The van der Waals surface area contributed by atoms with Crippen LogP contribution in [0, 0.1) is 0 Å². The van der Waals surface area contributed by atoms with Crippen LogP contribution in [0.1, 0.15) is 38.7 Å². The summed E-state index contributed by atoms with van der Waals surface area (Å²) in [6.07, 6.45) is 0.200. The summed E-state index contributed by atoms with van der Waals surface area (Å²) in [5.74, 6) is 0.865. The van der Waals surface area contributed by atoms with Crippen LogP contribution in [0.5, 0.6) is 5.75 Å². The van der Waals surface area contributed by atoms with Gasteiger partial charge in [0.1, 0.15) is 0 Å². The second-order valence-corrected chi connectivity index (χ2v) is 4.65. The highest BCUT2D eigenvalue weighted by atomic mass is 16.5. The van der Waals surface area contributed by atoms with Crippen molar-refractivity contribution in [2.45, 2.75) is 39.2 Å². The van der Waals surface area contributed by atoms with Crippen LogP contribution in [-0.4, -0.2) is 12.0 Å². The van der Waals surface area contributed by atoms with E-state index < -0.39 is 6.10 Å². The van der Waals surface area contributed by atoms with Crippen molar-refractivity contribution in [3.63, 3.8) is 0 Å². The molecule has 1 atom stereocenters. The first-order valence-corrected chi connectivity index (χ1v) is 5.93. The van der Waals surface area contributed by atoms with Gasteiger partial charge in [0.2, 0.25) is 0 Å². The number of benzene rings is 1. The number of hydrogen-bond donors (Lipinski definition) is 2. The number of anilines is 2. The monoisotopic (exact) mass is 234 g/mol. The van der Waals surface area contributed by atoms with Gasteiger partial charge in [0.05, 0.1) is 11.4 Å². The third-order valence-corrected chi connectivity index (χ3v) is 2.99. The summed E-state index contributed by atoms with van der Waals surface area (Å²) in [5.41, 5.74) is 8.33. The molecule has 0 aromatic heterocycles. The van der Waals surface area contributed by atoms with Crippen molar-refractivity contribution in [3.8, 4) is 5.75 Å². The number of nitrogens with one attached hydrogen (secondary N) is 1. The molecule has 1 amide bonds. The highest BCUT2D eigenvalue weighted by molar-refractivity contribution is 5.99. The van der Waals surface area contributed by atoms with Gasteiger partial charge in [-0.15, -0.1) is 0 Å². The fourth-order valence-corrected chi connectivity index (χ4v) is 1.91. The molecule has 0 radical (unpaired) electrons. The second kappa shape index (κ2) is 4.28. The lowest BCUT2D eigenvalue weighted by Gasteiger charge is -2.27. The molecular weight excluding hydrogens is 216 g/mol. The summed E-state index contributed by atoms with van der Waals surface area (Å²) in [6.45, 7) is 6.08. The molecule has 0 saturated carbocycles. The van der Waals surface area contributed by atoms with Crippen molar-refractivity contribution in [2.75, 3.05) is 11.1 Å². The number of rotatable bonds is 2. The van der Waals surface area contributed by atoms with Crippen LogP contribution in [0.4, 0.5) is 11.4 Å². The standard InChI is InChI=1S/C13H18N2O2/c1-4-11-13(16)15-10-6-8(7(2)3)5-9(14)12(10)17-11/h5-7,11H,4,14H2,1-3H3,(H,15,16). The molecule has 0 saturated heterocycles. The predicted molar refractivity (Wildman–Crippen MR) is 68.3 cm³/mol. The molecule has 4 heteroatoms. The van der Waals surface area contributed by atoms with Crippen LogP contribution in [0.3, 0.4) is 0 Å². The van der Waals surface area contributed by atoms with Crippen LogP contribution < -0.4 is 15.8 Å². The van der Waals surface area contributed by atoms with E-state index in [4.69, 9.17) is 10.5 Å². The molecule has 4 nitrogen and oxygen atoms in total. The molecular formula is C13H18N2O2. The maximum atomic E-state index is 11.7. The van der Waals surface area contributed by atoms with Crippen LogP contribution in [0.25, 0.3) is 0 Å². The van der Waals surface area contributed by atoms with Crippen LogP contribution >= 0.6 is 0 Å². The summed E-state index contributed by atoms with van der Waals surface area (Å²) in [7, 11) is 0. The fraction of sp³-hybridized carbons (Fsp3) is 0.462. The first-order valence-electron chi connectivity index (χ1n) is 5.93. The zero-order chi connectivity index (χ0) is 12.6. The Hall–Kier alpha value is -1.71. The van der Waals surface area contributed by atoms with Crippen molar-refractivity contribution in [1.29, 1.82) is 0 Å². The van der Waals surface area contributed by atoms with E-state index in [9.17, 15) is 4.79 Å². The Balaban J connectivity index is 2.44. The molecule has 1 aliphatic heterocycles. The lowest BCUT2D eigenvalue weighted by atomic mass is 10.0. The van der Waals surface area contributed by atoms with Crippen LogP contribution in [0.15, 0.2) is 12.1 Å². The second-order valence-electron chi connectivity index (χ2n) is 4.65. The molecule has 0 aliphatic carbocycles. The van der Waals surface area contributed by atoms with E-state index in [2.05, 4.69) is 19.2 Å². The molecule has 0 fully saturated rings. The molecule has 0 bridgehead atoms. The van der Waals surface area contributed by atoms with E-state index in [1.54, 1.807) is 0 Å². The van der Waals surface area contributed by atoms with E-state index in [1.807, 2.05) is 19.1 Å². The van der Waals surface area contributed by atoms with Gasteiger partial charge in [-0.1, -0.05) is 20.8 Å². The van der Waals surface area contributed by atoms with Crippen LogP contribution in [0.2, 0.25) is 0 Å². The predicted octanol–water partition coefficient (Wildman–Crippen LogP) is 2.50. The largest absolute Gasteiger partial charge is 0.476 e. The lowest BCUT2D eigenvalue weighted by Crippen LogP contribution is -2.36. The zero-order valence-corrected chi connectivity index (χ0v) is 10.4. The Bertz CT molecular complexity index is 455. The minimum atomic E-state index is -0.435. The Morgan fingerprint density at radius 2 is 2.18 bits per heavy atom. The molecule has 1 unspecified atom stereocenters. The molecule has 2 rings (SSSR count). The van der Waals surface area contributed by atoms with Crippen molar-refractivity contribution in [2.24, 2.45) is 0 Å².